The molecule has 3 aromatic rings. The van der Waals surface area contributed by atoms with Crippen molar-refractivity contribution in [1.29, 1.82) is 0 Å². The Morgan fingerprint density at radius 3 is 2.58 bits per heavy atom. The summed E-state index contributed by atoms with van der Waals surface area (Å²) in [6, 6.07) is 14.6. The lowest BCUT2D eigenvalue weighted by Crippen LogP contribution is -2.44. The number of rotatable bonds is 5. The second kappa shape index (κ2) is 9.48. The van der Waals surface area contributed by atoms with E-state index >= 15 is 0 Å². The Hall–Kier alpha value is -1.61. The van der Waals surface area contributed by atoms with Gasteiger partial charge in [0.25, 0.3) is 0 Å². The minimum Gasteiger partial charge on any atom is -0.394 e. The average molecular weight is 507 g/mol. The molecule has 0 spiro atoms. The van der Waals surface area contributed by atoms with Gasteiger partial charge in [0.1, 0.15) is 18.0 Å². The smallest absolute Gasteiger partial charge is 0.123 e. The zero-order valence-corrected chi connectivity index (χ0v) is 19.4. The van der Waals surface area contributed by atoms with Gasteiger partial charge in [-0.15, -0.1) is 11.3 Å². The Labute approximate surface area is 193 Å². The summed E-state index contributed by atoms with van der Waals surface area (Å²) < 4.78 is 19.9. The third kappa shape index (κ3) is 4.92. The first-order chi connectivity index (χ1) is 14.9. The summed E-state index contributed by atoms with van der Waals surface area (Å²) in [5.74, 6) is -0.251. The van der Waals surface area contributed by atoms with Crippen molar-refractivity contribution in [2.24, 2.45) is 0 Å². The van der Waals surface area contributed by atoms with Gasteiger partial charge in [-0.3, -0.25) is 0 Å². The molecular formula is C24H24BrFO4S. The number of aliphatic hydroxyl groups is 3. The molecule has 2 aromatic carbocycles. The molecule has 0 aliphatic carbocycles. The van der Waals surface area contributed by atoms with E-state index in [9.17, 15) is 19.7 Å². The van der Waals surface area contributed by atoms with Crippen molar-refractivity contribution in [2.75, 3.05) is 6.61 Å². The maximum atomic E-state index is 13.2. The van der Waals surface area contributed by atoms with E-state index in [1.807, 2.05) is 25.1 Å². The highest BCUT2D eigenvalue weighted by Crippen LogP contribution is 2.38. The SMILES string of the molecule is Cc1cc(Br)c([C@@H]2O[C@H](CO)C[C@@H](O)[C@H]2O)cc1Cc1ccc(-c2ccc(F)cc2)s1. The minimum atomic E-state index is -1.07. The quantitative estimate of drug-likeness (QED) is 0.466. The van der Waals surface area contributed by atoms with Gasteiger partial charge in [-0.25, -0.2) is 4.39 Å². The molecule has 7 heteroatoms. The van der Waals surface area contributed by atoms with Crippen molar-refractivity contribution in [1.82, 2.24) is 0 Å². The predicted octanol–water partition coefficient (Wildman–Crippen LogP) is 4.76. The summed E-state index contributed by atoms with van der Waals surface area (Å²) in [5, 5.41) is 30.2. The topological polar surface area (TPSA) is 69.9 Å². The Kier molecular flexibility index (Phi) is 6.91. The third-order valence-corrected chi connectivity index (χ3v) is 7.49. The largest absolute Gasteiger partial charge is 0.394 e. The van der Waals surface area contributed by atoms with Gasteiger partial charge < -0.3 is 20.1 Å². The molecule has 4 atom stereocenters. The first-order valence-corrected chi connectivity index (χ1v) is 11.7. The molecule has 3 N–H and O–H groups in total. The van der Waals surface area contributed by atoms with Crippen LogP contribution in [-0.2, 0) is 11.2 Å². The van der Waals surface area contributed by atoms with Crippen LogP contribution in [0.1, 0.15) is 34.1 Å². The van der Waals surface area contributed by atoms with Crippen molar-refractivity contribution in [2.45, 2.75) is 44.2 Å². The van der Waals surface area contributed by atoms with E-state index < -0.39 is 24.4 Å². The summed E-state index contributed by atoms with van der Waals surface area (Å²) in [4.78, 5) is 2.24. The van der Waals surface area contributed by atoms with Crippen molar-refractivity contribution in [3.05, 3.63) is 80.4 Å². The number of thiophene rings is 1. The van der Waals surface area contributed by atoms with E-state index in [2.05, 4.69) is 22.0 Å². The van der Waals surface area contributed by atoms with Crippen LogP contribution in [0.3, 0.4) is 0 Å². The molecule has 31 heavy (non-hydrogen) atoms. The van der Waals surface area contributed by atoms with Crippen LogP contribution >= 0.6 is 27.3 Å². The van der Waals surface area contributed by atoms with Gasteiger partial charge in [0.2, 0.25) is 0 Å². The molecule has 1 aromatic heterocycles. The van der Waals surface area contributed by atoms with Gasteiger partial charge in [0.05, 0.1) is 18.8 Å². The Balaban J connectivity index is 1.61. The van der Waals surface area contributed by atoms with Crippen LogP contribution < -0.4 is 0 Å². The van der Waals surface area contributed by atoms with Gasteiger partial charge in [-0.05, 0) is 59.5 Å². The van der Waals surface area contributed by atoms with Crippen LogP contribution in [0, 0.1) is 12.7 Å². The van der Waals surface area contributed by atoms with Crippen LogP contribution in [0.2, 0.25) is 0 Å². The van der Waals surface area contributed by atoms with E-state index in [1.165, 1.54) is 12.1 Å². The molecule has 0 radical (unpaired) electrons. The Morgan fingerprint density at radius 2 is 1.87 bits per heavy atom. The molecule has 0 saturated carbocycles. The maximum Gasteiger partial charge on any atom is 0.123 e. The third-order valence-electron chi connectivity index (χ3n) is 5.67. The normalized spacial score (nSPS) is 23.8. The highest BCUT2D eigenvalue weighted by molar-refractivity contribution is 9.10. The van der Waals surface area contributed by atoms with Gasteiger partial charge >= 0.3 is 0 Å². The number of benzene rings is 2. The molecule has 1 aliphatic rings. The minimum absolute atomic E-state index is 0.200. The summed E-state index contributed by atoms with van der Waals surface area (Å²) in [5.41, 5.74) is 3.91. The van der Waals surface area contributed by atoms with E-state index in [0.717, 1.165) is 36.5 Å². The maximum absolute atomic E-state index is 13.2. The monoisotopic (exact) mass is 506 g/mol. The summed E-state index contributed by atoms with van der Waals surface area (Å²) in [7, 11) is 0. The van der Waals surface area contributed by atoms with Crippen molar-refractivity contribution in [3.63, 3.8) is 0 Å². The van der Waals surface area contributed by atoms with Gasteiger partial charge in [-0.1, -0.05) is 34.1 Å². The van der Waals surface area contributed by atoms with Crippen molar-refractivity contribution >= 4 is 27.3 Å². The molecule has 4 rings (SSSR count). The number of aliphatic hydroxyl groups excluding tert-OH is 3. The molecule has 0 bridgehead atoms. The molecule has 1 fully saturated rings. The first kappa shape index (κ1) is 22.6. The molecule has 0 amide bonds. The van der Waals surface area contributed by atoms with Crippen LogP contribution in [0.25, 0.3) is 10.4 Å². The summed E-state index contributed by atoms with van der Waals surface area (Å²) in [6.45, 7) is 1.82. The number of halogens is 2. The highest BCUT2D eigenvalue weighted by Gasteiger charge is 2.38. The zero-order valence-electron chi connectivity index (χ0n) is 17.0. The fourth-order valence-corrected chi connectivity index (χ4v) is 5.62. The van der Waals surface area contributed by atoms with Crippen LogP contribution in [0.4, 0.5) is 4.39 Å². The van der Waals surface area contributed by atoms with Crippen LogP contribution in [0.15, 0.2) is 53.0 Å². The molecule has 4 nitrogen and oxygen atoms in total. The fraction of sp³-hybridized carbons (Fsp3) is 0.333. The molecule has 0 unspecified atom stereocenters. The molecule has 1 saturated heterocycles. The van der Waals surface area contributed by atoms with E-state index in [1.54, 1.807) is 23.5 Å². The Bertz CT molecular complexity index is 1050. The lowest BCUT2D eigenvalue weighted by molar-refractivity contribution is -0.179. The second-order valence-electron chi connectivity index (χ2n) is 7.90. The molecule has 1 aliphatic heterocycles. The first-order valence-electron chi connectivity index (χ1n) is 10.1. The van der Waals surface area contributed by atoms with E-state index in [-0.39, 0.29) is 18.8 Å². The summed E-state index contributed by atoms with van der Waals surface area (Å²) in [6.07, 6.45) is -2.37. The van der Waals surface area contributed by atoms with Crippen LogP contribution in [-0.4, -0.2) is 40.2 Å². The van der Waals surface area contributed by atoms with Gasteiger partial charge in [0, 0.05) is 27.1 Å². The average Bonchev–Trinajstić information content (AvgIpc) is 3.21. The van der Waals surface area contributed by atoms with Crippen LogP contribution in [0.5, 0.6) is 0 Å². The second-order valence-corrected chi connectivity index (χ2v) is 9.93. The fourth-order valence-electron chi connectivity index (χ4n) is 3.90. The zero-order chi connectivity index (χ0) is 22.1. The lowest BCUT2D eigenvalue weighted by Gasteiger charge is -2.37. The lowest BCUT2D eigenvalue weighted by atomic mass is 9.91. The molecule has 164 valence electrons. The van der Waals surface area contributed by atoms with Crippen molar-refractivity contribution < 1.29 is 24.4 Å². The number of hydrogen-bond donors (Lipinski definition) is 3. The van der Waals surface area contributed by atoms with E-state index in [4.69, 9.17) is 4.74 Å². The predicted molar refractivity (Wildman–Crippen MR) is 123 cm³/mol. The number of aryl methyl sites for hydroxylation is 1. The Morgan fingerprint density at radius 1 is 1.13 bits per heavy atom. The van der Waals surface area contributed by atoms with Gasteiger partial charge in [0.15, 0.2) is 0 Å². The molecule has 2 heterocycles. The standard InChI is InChI=1S/C24H24BrFO4S/c1-13-8-20(25)19(24-23(29)21(28)11-17(12-27)30-24)10-15(13)9-18-6-7-22(31-18)14-2-4-16(26)5-3-14/h2-8,10,17,21,23-24,27-29H,9,11-12H2,1H3/t17-,21+,23+,24-/m0/s1. The number of ether oxygens (including phenoxy) is 1. The van der Waals surface area contributed by atoms with Crippen molar-refractivity contribution in [3.8, 4) is 10.4 Å². The van der Waals surface area contributed by atoms with E-state index in [0.29, 0.717) is 6.42 Å². The number of hydrogen-bond acceptors (Lipinski definition) is 5. The van der Waals surface area contributed by atoms with Gasteiger partial charge in [-0.2, -0.15) is 0 Å². The highest BCUT2D eigenvalue weighted by atomic mass is 79.9. The molecular weight excluding hydrogens is 483 g/mol. The summed E-state index contributed by atoms with van der Waals surface area (Å²) >= 11 is 5.23.